The summed E-state index contributed by atoms with van der Waals surface area (Å²) < 4.78 is 0. The van der Waals surface area contributed by atoms with Crippen LogP contribution in [0.4, 0.5) is 5.69 Å². The second-order valence-electron chi connectivity index (χ2n) is 4.07. The minimum absolute atomic E-state index is 0.0137. The van der Waals surface area contributed by atoms with Crippen LogP contribution in [0.15, 0.2) is 42.5 Å². The van der Waals surface area contributed by atoms with Crippen molar-refractivity contribution in [2.75, 3.05) is 11.9 Å². The van der Waals surface area contributed by atoms with Crippen LogP contribution in [-0.4, -0.2) is 16.8 Å². The van der Waals surface area contributed by atoms with E-state index < -0.39 is 0 Å². The number of para-hydroxylation sites is 1. The summed E-state index contributed by atoms with van der Waals surface area (Å²) in [6.07, 6.45) is 0. The molecule has 0 aliphatic rings. The van der Waals surface area contributed by atoms with Crippen LogP contribution in [0.5, 0.6) is 5.75 Å². The van der Waals surface area contributed by atoms with Crippen LogP contribution in [0.25, 0.3) is 0 Å². The van der Waals surface area contributed by atoms with Crippen LogP contribution < -0.4 is 5.32 Å². The fraction of sp³-hybridized carbons (Fsp3) is 0.143. The third-order valence-electron chi connectivity index (χ3n) is 2.76. The average Bonchev–Trinajstić information content (AvgIpc) is 2.41. The lowest BCUT2D eigenvalue weighted by Gasteiger charge is -2.19. The maximum absolute atomic E-state index is 9.48. The molecule has 0 aliphatic carbocycles. The van der Waals surface area contributed by atoms with Gasteiger partial charge in [-0.05, 0) is 29.8 Å². The van der Waals surface area contributed by atoms with E-state index in [0.29, 0.717) is 5.02 Å². The fourth-order valence-electron chi connectivity index (χ4n) is 1.74. The molecule has 2 aromatic rings. The number of aliphatic hydroxyl groups excluding tert-OH is 1. The maximum atomic E-state index is 9.48. The second kappa shape index (κ2) is 6.15. The molecule has 0 aliphatic heterocycles. The van der Waals surface area contributed by atoms with Crippen LogP contribution in [0.3, 0.4) is 0 Å². The molecule has 0 spiro atoms. The van der Waals surface area contributed by atoms with Gasteiger partial charge in [-0.25, -0.2) is 0 Å². The largest absolute Gasteiger partial charge is 0.506 e. The smallest absolute Gasteiger partial charge is 0.134 e. The van der Waals surface area contributed by atoms with Crippen LogP contribution in [0, 0.1) is 0 Å². The lowest BCUT2D eigenvalue weighted by Crippen LogP contribution is -2.15. The summed E-state index contributed by atoms with van der Waals surface area (Å²) in [6.45, 7) is -0.119. The Labute approximate surface area is 121 Å². The number of benzene rings is 2. The molecule has 5 heteroatoms. The average molecular weight is 298 g/mol. The van der Waals surface area contributed by atoms with E-state index in [9.17, 15) is 10.2 Å². The Hall–Kier alpha value is -1.42. The predicted molar refractivity (Wildman–Crippen MR) is 78.0 cm³/mol. The van der Waals surface area contributed by atoms with Crippen molar-refractivity contribution in [1.82, 2.24) is 0 Å². The zero-order valence-electron chi connectivity index (χ0n) is 9.98. The highest BCUT2D eigenvalue weighted by Crippen LogP contribution is 2.30. The molecular weight excluding hydrogens is 285 g/mol. The van der Waals surface area contributed by atoms with Gasteiger partial charge in [-0.2, -0.15) is 0 Å². The number of phenolic OH excluding ortho intramolecular Hbond substituents is 1. The van der Waals surface area contributed by atoms with Gasteiger partial charge in [-0.3, -0.25) is 0 Å². The summed E-state index contributed by atoms with van der Waals surface area (Å²) in [4.78, 5) is 0. The molecule has 1 unspecified atom stereocenters. The summed E-state index contributed by atoms with van der Waals surface area (Å²) in [6, 6.07) is 11.7. The molecule has 19 heavy (non-hydrogen) atoms. The molecule has 0 bridgehead atoms. The highest BCUT2D eigenvalue weighted by atomic mass is 35.5. The quantitative estimate of drug-likeness (QED) is 0.803. The summed E-state index contributed by atoms with van der Waals surface area (Å²) in [5.41, 5.74) is 1.50. The molecule has 1 atom stereocenters. The zero-order chi connectivity index (χ0) is 13.8. The van der Waals surface area contributed by atoms with Gasteiger partial charge in [0.25, 0.3) is 0 Å². The Morgan fingerprint density at radius 1 is 1.05 bits per heavy atom. The molecule has 0 fully saturated rings. The van der Waals surface area contributed by atoms with Gasteiger partial charge in [0.15, 0.2) is 0 Å². The molecular formula is C14H13Cl2NO2. The van der Waals surface area contributed by atoms with E-state index in [4.69, 9.17) is 23.2 Å². The minimum Gasteiger partial charge on any atom is -0.506 e. The van der Waals surface area contributed by atoms with E-state index in [1.54, 1.807) is 18.2 Å². The minimum atomic E-state index is -0.349. The maximum Gasteiger partial charge on any atom is 0.134 e. The number of nitrogens with one attached hydrogen (secondary N) is 1. The Morgan fingerprint density at radius 3 is 2.42 bits per heavy atom. The third kappa shape index (κ3) is 3.32. The highest BCUT2D eigenvalue weighted by Gasteiger charge is 2.13. The van der Waals surface area contributed by atoms with Crippen molar-refractivity contribution in [3.63, 3.8) is 0 Å². The van der Waals surface area contributed by atoms with E-state index in [1.165, 1.54) is 6.07 Å². The Balaban J connectivity index is 2.25. The number of anilines is 1. The molecule has 3 nitrogen and oxygen atoms in total. The van der Waals surface area contributed by atoms with Gasteiger partial charge in [0.1, 0.15) is 5.75 Å². The summed E-state index contributed by atoms with van der Waals surface area (Å²) >= 11 is 11.9. The lowest BCUT2D eigenvalue weighted by atomic mass is 10.1. The van der Waals surface area contributed by atoms with E-state index in [1.807, 2.05) is 18.2 Å². The molecule has 0 radical (unpaired) electrons. The first-order valence-electron chi connectivity index (χ1n) is 5.72. The molecule has 0 aromatic heterocycles. The van der Waals surface area contributed by atoms with Crippen molar-refractivity contribution in [2.45, 2.75) is 6.04 Å². The van der Waals surface area contributed by atoms with Crippen molar-refractivity contribution < 1.29 is 10.2 Å². The third-order valence-corrected chi connectivity index (χ3v) is 3.39. The van der Waals surface area contributed by atoms with Gasteiger partial charge >= 0.3 is 0 Å². The van der Waals surface area contributed by atoms with Crippen molar-refractivity contribution in [2.24, 2.45) is 0 Å². The molecule has 0 amide bonds. The monoisotopic (exact) mass is 297 g/mol. The van der Waals surface area contributed by atoms with Crippen molar-refractivity contribution in [3.05, 3.63) is 58.1 Å². The molecule has 0 saturated carbocycles. The summed E-state index contributed by atoms with van der Waals surface area (Å²) in [5, 5.41) is 22.8. The van der Waals surface area contributed by atoms with Crippen LogP contribution in [0.2, 0.25) is 10.0 Å². The second-order valence-corrected chi connectivity index (χ2v) is 4.88. The molecule has 2 rings (SSSR count). The van der Waals surface area contributed by atoms with Gasteiger partial charge in [0, 0.05) is 0 Å². The van der Waals surface area contributed by atoms with Gasteiger partial charge in [0.05, 0.1) is 28.4 Å². The van der Waals surface area contributed by atoms with E-state index in [2.05, 4.69) is 5.32 Å². The normalized spacial score (nSPS) is 12.2. The van der Waals surface area contributed by atoms with Gasteiger partial charge < -0.3 is 15.5 Å². The standard InChI is InChI=1S/C14H13Cl2NO2/c15-10-3-1-2-4-12(10)17-13(8-18)9-5-6-14(19)11(16)7-9/h1-7,13,17-19H,8H2. The molecule has 3 N–H and O–H groups in total. The van der Waals surface area contributed by atoms with E-state index in [-0.39, 0.29) is 23.4 Å². The predicted octanol–water partition coefficient (Wildman–Crippen LogP) is 3.84. The number of aromatic hydroxyl groups is 1. The fourth-order valence-corrected chi connectivity index (χ4v) is 2.12. The van der Waals surface area contributed by atoms with Gasteiger partial charge in [-0.1, -0.05) is 41.4 Å². The number of rotatable bonds is 4. The van der Waals surface area contributed by atoms with Crippen LogP contribution in [0.1, 0.15) is 11.6 Å². The van der Waals surface area contributed by atoms with Crippen LogP contribution >= 0.6 is 23.2 Å². The molecule has 0 heterocycles. The summed E-state index contributed by atoms with van der Waals surface area (Å²) in [5.74, 6) is 0.0137. The Kier molecular flexibility index (Phi) is 4.53. The number of halogens is 2. The Morgan fingerprint density at radius 2 is 1.79 bits per heavy atom. The van der Waals surface area contributed by atoms with E-state index >= 15 is 0 Å². The SMILES string of the molecule is OCC(Nc1ccccc1Cl)c1ccc(O)c(Cl)c1. The number of aliphatic hydroxyl groups is 1. The Bertz CT molecular complexity index is 575. The molecule has 2 aromatic carbocycles. The summed E-state index contributed by atoms with van der Waals surface area (Å²) in [7, 11) is 0. The first-order valence-corrected chi connectivity index (χ1v) is 6.47. The first-order chi connectivity index (χ1) is 9.11. The van der Waals surface area contributed by atoms with Crippen molar-refractivity contribution in [1.29, 1.82) is 0 Å². The van der Waals surface area contributed by atoms with Crippen LogP contribution in [-0.2, 0) is 0 Å². The number of hydrogen-bond acceptors (Lipinski definition) is 3. The highest BCUT2D eigenvalue weighted by molar-refractivity contribution is 6.33. The van der Waals surface area contributed by atoms with E-state index in [0.717, 1.165) is 11.3 Å². The van der Waals surface area contributed by atoms with Crippen molar-refractivity contribution >= 4 is 28.9 Å². The molecule has 100 valence electrons. The van der Waals surface area contributed by atoms with Crippen molar-refractivity contribution in [3.8, 4) is 5.75 Å². The lowest BCUT2D eigenvalue weighted by molar-refractivity contribution is 0.276. The molecule has 0 saturated heterocycles. The van der Waals surface area contributed by atoms with Gasteiger partial charge in [0.2, 0.25) is 0 Å². The van der Waals surface area contributed by atoms with Gasteiger partial charge in [-0.15, -0.1) is 0 Å². The zero-order valence-corrected chi connectivity index (χ0v) is 11.5. The topological polar surface area (TPSA) is 52.5 Å². The number of phenols is 1. The first kappa shape index (κ1) is 14.0. The number of hydrogen-bond donors (Lipinski definition) is 3.